The van der Waals surface area contributed by atoms with Gasteiger partial charge in [-0.15, -0.1) is 0 Å². The summed E-state index contributed by atoms with van der Waals surface area (Å²) in [6.45, 7) is 7.35. The molecular weight excluding hydrogens is 283 g/mol. The lowest BCUT2D eigenvalue weighted by Crippen LogP contribution is -2.33. The van der Waals surface area contributed by atoms with Crippen molar-refractivity contribution in [3.8, 4) is 0 Å². The molecule has 1 heteroatoms. The lowest BCUT2D eigenvalue weighted by Gasteiger charge is -2.46. The van der Waals surface area contributed by atoms with Gasteiger partial charge in [0.1, 0.15) is 0 Å². The maximum absolute atomic E-state index is 5.07. The Morgan fingerprint density at radius 2 is 1.45 bits per heavy atom. The summed E-state index contributed by atoms with van der Waals surface area (Å²) >= 11 is 0. The first-order valence-electron chi connectivity index (χ1n) is 9.57. The van der Waals surface area contributed by atoms with E-state index in [1.807, 2.05) is 0 Å². The van der Waals surface area contributed by atoms with E-state index in [-0.39, 0.29) is 0 Å². The van der Waals surface area contributed by atoms with E-state index < -0.39 is 7.26 Å². The van der Waals surface area contributed by atoms with E-state index in [9.17, 15) is 0 Å². The van der Waals surface area contributed by atoms with E-state index in [2.05, 4.69) is 31.2 Å². The Labute approximate surface area is 138 Å². The molecule has 122 valence electrons. The summed E-state index contributed by atoms with van der Waals surface area (Å²) in [6.07, 6.45) is 15.6. The molecule has 0 bridgehead atoms. The molecule has 0 nitrogen and oxygen atoms in total. The van der Waals surface area contributed by atoms with Crippen LogP contribution in [-0.2, 0) is 6.42 Å². The van der Waals surface area contributed by atoms with Gasteiger partial charge in [0.25, 0.3) is 0 Å². The van der Waals surface area contributed by atoms with Gasteiger partial charge in [0.05, 0.1) is 5.30 Å². The van der Waals surface area contributed by atoms with Crippen LogP contribution in [0.3, 0.4) is 0 Å². The highest BCUT2D eigenvalue weighted by molar-refractivity contribution is 7.85. The molecular formula is C21H33P. The Balaban J connectivity index is 1.96. The van der Waals surface area contributed by atoms with E-state index in [0.717, 1.165) is 17.7 Å². The van der Waals surface area contributed by atoms with Crippen molar-refractivity contribution in [1.82, 2.24) is 0 Å². The van der Waals surface area contributed by atoms with Gasteiger partial charge in [-0.1, -0.05) is 39.2 Å². The minimum absolute atomic E-state index is 0.913. The fourth-order valence-electron chi connectivity index (χ4n) is 4.84. The van der Waals surface area contributed by atoms with Gasteiger partial charge in [-0.05, 0) is 75.5 Å². The summed E-state index contributed by atoms with van der Waals surface area (Å²) in [6, 6.07) is 9.57. The molecule has 1 aromatic carbocycles. The molecule has 0 radical (unpaired) electrons. The third-order valence-electron chi connectivity index (χ3n) is 6.25. The first-order chi connectivity index (χ1) is 10.7. The third kappa shape index (κ3) is 3.28. The Hall–Kier alpha value is -0.350. The molecule has 0 spiro atoms. The van der Waals surface area contributed by atoms with Crippen LogP contribution < -0.4 is 5.30 Å². The largest absolute Gasteiger partial charge is 0.174 e. The minimum Gasteiger partial charge on any atom is -0.174 e. The number of benzene rings is 1. The topological polar surface area (TPSA) is 0 Å². The fourth-order valence-corrected chi connectivity index (χ4v) is 9.62. The summed E-state index contributed by atoms with van der Waals surface area (Å²) < 4.78 is 0. The van der Waals surface area contributed by atoms with Crippen LogP contribution in [0.5, 0.6) is 0 Å². The summed E-state index contributed by atoms with van der Waals surface area (Å²) in [7, 11) is -1.26. The fraction of sp³-hybridized carbons (Fsp3) is 0.667. The summed E-state index contributed by atoms with van der Waals surface area (Å²) in [4.78, 5) is 0. The van der Waals surface area contributed by atoms with Gasteiger partial charge in [-0.2, -0.15) is 6.66 Å². The van der Waals surface area contributed by atoms with Gasteiger partial charge >= 0.3 is 0 Å². The first kappa shape index (κ1) is 16.5. The summed E-state index contributed by atoms with van der Waals surface area (Å²) in [5, 5.41) is 1.66. The highest BCUT2D eigenvalue weighted by Gasteiger charge is 2.44. The maximum Gasteiger partial charge on any atom is 0.0654 e. The van der Waals surface area contributed by atoms with Crippen molar-refractivity contribution in [3.63, 3.8) is 0 Å². The zero-order valence-corrected chi connectivity index (χ0v) is 15.3. The third-order valence-corrected chi connectivity index (χ3v) is 11.1. The smallest absolute Gasteiger partial charge is 0.0654 e. The van der Waals surface area contributed by atoms with Crippen LogP contribution in [0.15, 0.2) is 24.3 Å². The normalized spacial score (nSPS) is 21.9. The lowest BCUT2D eigenvalue weighted by molar-refractivity contribution is 0.483. The highest BCUT2D eigenvalue weighted by atomic mass is 31.2. The van der Waals surface area contributed by atoms with Crippen molar-refractivity contribution in [3.05, 3.63) is 36.5 Å². The predicted octanol–water partition coefficient (Wildman–Crippen LogP) is 6.35. The van der Waals surface area contributed by atoms with E-state index in [4.69, 9.17) is 6.66 Å². The summed E-state index contributed by atoms with van der Waals surface area (Å²) in [5.41, 5.74) is 3.34. The molecule has 0 heterocycles. The molecule has 0 aliphatic heterocycles. The monoisotopic (exact) mass is 316 g/mol. The lowest BCUT2D eigenvalue weighted by atomic mass is 9.99. The quantitative estimate of drug-likeness (QED) is 0.448. The number of rotatable bonds is 4. The summed E-state index contributed by atoms with van der Waals surface area (Å²) in [5.74, 6) is 0. The molecule has 0 atom stereocenters. The van der Waals surface area contributed by atoms with Crippen molar-refractivity contribution in [2.24, 2.45) is 0 Å². The van der Waals surface area contributed by atoms with Crippen LogP contribution in [0, 0.1) is 6.66 Å². The average molecular weight is 316 g/mol. The molecule has 0 saturated heterocycles. The van der Waals surface area contributed by atoms with Crippen LogP contribution >= 0.6 is 7.26 Å². The Morgan fingerprint density at radius 3 is 1.95 bits per heavy atom. The molecule has 22 heavy (non-hydrogen) atoms. The van der Waals surface area contributed by atoms with Crippen molar-refractivity contribution in [2.75, 3.05) is 0 Å². The molecule has 2 aliphatic carbocycles. The standard InChI is InChI=1S/C21H33P/c1-3-18-11-10-16-21(17-18)22(2,19-12-6-4-7-13-19)20-14-8-5-9-15-20/h10-11,16-17,19-20H,2-9,12-15H2,1H3. The molecule has 0 N–H and O–H groups in total. The van der Waals surface area contributed by atoms with Crippen LogP contribution in [0.2, 0.25) is 0 Å². The van der Waals surface area contributed by atoms with Crippen LogP contribution in [0.25, 0.3) is 0 Å². The number of hydrogen-bond acceptors (Lipinski definition) is 0. The second-order valence-electron chi connectivity index (χ2n) is 7.54. The number of aryl methyl sites for hydroxylation is 1. The Kier molecular flexibility index (Phi) is 5.61. The molecule has 2 fully saturated rings. The van der Waals surface area contributed by atoms with Crippen molar-refractivity contribution in [2.45, 2.75) is 88.9 Å². The van der Waals surface area contributed by atoms with E-state index in [1.54, 1.807) is 5.30 Å². The predicted molar refractivity (Wildman–Crippen MR) is 101 cm³/mol. The van der Waals surface area contributed by atoms with Crippen molar-refractivity contribution in [1.29, 1.82) is 0 Å². The van der Waals surface area contributed by atoms with E-state index in [0.29, 0.717) is 0 Å². The van der Waals surface area contributed by atoms with Crippen molar-refractivity contribution < 1.29 is 0 Å². The SMILES string of the molecule is [CH2-][P+](c1cccc(CC)c1)(C1CCCCC1)C1CCCCC1. The van der Waals surface area contributed by atoms with Gasteiger partial charge in [-0.25, -0.2) is 0 Å². The molecule has 0 amide bonds. The Morgan fingerprint density at radius 1 is 0.909 bits per heavy atom. The van der Waals surface area contributed by atoms with E-state index >= 15 is 0 Å². The van der Waals surface area contributed by atoms with Crippen LogP contribution in [0.4, 0.5) is 0 Å². The Bertz CT molecular complexity index is 449. The van der Waals surface area contributed by atoms with Gasteiger partial charge < -0.3 is 0 Å². The average Bonchev–Trinajstić information content (AvgIpc) is 2.62. The molecule has 0 unspecified atom stereocenters. The van der Waals surface area contributed by atoms with E-state index in [1.165, 1.54) is 69.8 Å². The molecule has 3 rings (SSSR count). The van der Waals surface area contributed by atoms with Gasteiger partial charge in [0.15, 0.2) is 0 Å². The van der Waals surface area contributed by atoms with Crippen LogP contribution in [0.1, 0.15) is 76.7 Å². The zero-order valence-electron chi connectivity index (χ0n) is 14.4. The van der Waals surface area contributed by atoms with Gasteiger partial charge in [0, 0.05) is 11.3 Å². The molecule has 2 aliphatic rings. The first-order valence-corrected chi connectivity index (χ1v) is 11.7. The number of hydrogen-bond donors (Lipinski definition) is 0. The molecule has 1 aromatic rings. The molecule has 0 aromatic heterocycles. The maximum atomic E-state index is 5.07. The van der Waals surface area contributed by atoms with Gasteiger partial charge in [0.2, 0.25) is 0 Å². The second-order valence-corrected chi connectivity index (χ2v) is 11.4. The zero-order chi connectivity index (χ0) is 15.4. The minimum atomic E-state index is -1.26. The highest BCUT2D eigenvalue weighted by Crippen LogP contribution is 2.70. The van der Waals surface area contributed by atoms with Crippen LogP contribution in [-0.4, -0.2) is 11.3 Å². The molecule has 2 saturated carbocycles. The van der Waals surface area contributed by atoms with Gasteiger partial charge in [-0.3, -0.25) is 0 Å². The second kappa shape index (κ2) is 7.48. The van der Waals surface area contributed by atoms with Crippen molar-refractivity contribution >= 4 is 12.6 Å².